The van der Waals surface area contributed by atoms with Crippen molar-refractivity contribution in [1.82, 2.24) is 4.98 Å². The van der Waals surface area contributed by atoms with Gasteiger partial charge in [-0.1, -0.05) is 30.3 Å². The van der Waals surface area contributed by atoms with E-state index in [2.05, 4.69) is 4.98 Å². The number of rotatable bonds is 4. The topological polar surface area (TPSA) is 59.4 Å². The van der Waals surface area contributed by atoms with E-state index >= 15 is 0 Å². The Kier molecular flexibility index (Phi) is 4.06. The Morgan fingerprint density at radius 1 is 0.913 bits per heavy atom. The van der Waals surface area contributed by atoms with Gasteiger partial charge in [0.15, 0.2) is 0 Å². The van der Waals surface area contributed by atoms with Crippen molar-refractivity contribution in [2.45, 2.75) is 0 Å². The largest absolute Gasteiger partial charge is 0.497 e. The van der Waals surface area contributed by atoms with Crippen LogP contribution in [0.2, 0.25) is 0 Å². The number of hydrogen-bond donors (Lipinski definition) is 1. The molecule has 0 amide bonds. The lowest BCUT2D eigenvalue weighted by Crippen LogP contribution is -2.00. The fourth-order valence-electron chi connectivity index (χ4n) is 2.32. The molecule has 4 heteroatoms. The van der Waals surface area contributed by atoms with Crippen molar-refractivity contribution in [2.24, 2.45) is 0 Å². The van der Waals surface area contributed by atoms with Crippen LogP contribution in [0.15, 0.2) is 66.7 Å². The first-order chi connectivity index (χ1) is 11.2. The highest BCUT2D eigenvalue weighted by Gasteiger charge is 2.11. The summed E-state index contributed by atoms with van der Waals surface area (Å²) in [5.41, 5.74) is 3.18. The predicted molar refractivity (Wildman–Crippen MR) is 88.6 cm³/mol. The minimum Gasteiger partial charge on any atom is -0.497 e. The Balaban J connectivity index is 2.12. The average Bonchev–Trinajstić information content (AvgIpc) is 2.62. The van der Waals surface area contributed by atoms with Crippen LogP contribution in [0.1, 0.15) is 10.4 Å². The first-order valence-electron chi connectivity index (χ1n) is 7.12. The Morgan fingerprint density at radius 2 is 1.48 bits per heavy atom. The Labute approximate surface area is 134 Å². The van der Waals surface area contributed by atoms with E-state index in [1.807, 2.05) is 54.6 Å². The minimum atomic E-state index is -0.973. The van der Waals surface area contributed by atoms with Crippen LogP contribution in [0.25, 0.3) is 22.5 Å². The number of hydrogen-bond acceptors (Lipinski definition) is 3. The minimum absolute atomic E-state index is 0.213. The lowest BCUT2D eigenvalue weighted by Gasteiger charge is -2.08. The van der Waals surface area contributed by atoms with Gasteiger partial charge < -0.3 is 9.84 Å². The van der Waals surface area contributed by atoms with Gasteiger partial charge in [0.05, 0.1) is 24.1 Å². The summed E-state index contributed by atoms with van der Waals surface area (Å²) >= 11 is 0. The molecule has 3 aromatic rings. The number of aromatic nitrogens is 1. The smallest absolute Gasteiger partial charge is 0.335 e. The van der Waals surface area contributed by atoms with Crippen molar-refractivity contribution < 1.29 is 14.6 Å². The van der Waals surface area contributed by atoms with E-state index in [1.54, 1.807) is 19.2 Å². The molecule has 114 valence electrons. The second kappa shape index (κ2) is 6.32. The van der Waals surface area contributed by atoms with Crippen LogP contribution < -0.4 is 4.74 Å². The van der Waals surface area contributed by atoms with E-state index < -0.39 is 5.97 Å². The molecule has 0 aliphatic heterocycles. The van der Waals surface area contributed by atoms with Crippen molar-refractivity contribution in [3.8, 4) is 28.3 Å². The molecule has 4 nitrogen and oxygen atoms in total. The van der Waals surface area contributed by atoms with Crippen LogP contribution in [0.5, 0.6) is 5.75 Å². The number of benzene rings is 2. The summed E-state index contributed by atoms with van der Waals surface area (Å²) in [7, 11) is 1.60. The molecule has 0 radical (unpaired) electrons. The van der Waals surface area contributed by atoms with Crippen molar-refractivity contribution >= 4 is 5.97 Å². The van der Waals surface area contributed by atoms with Crippen LogP contribution in [0.3, 0.4) is 0 Å². The standard InChI is InChI=1S/C19H15NO3/c1-23-16-9-7-14(8-10-16)18-12-15(19(21)22)11-17(20-18)13-5-3-2-4-6-13/h2-12H,1H3,(H,21,22). The Hall–Kier alpha value is -3.14. The van der Waals surface area contributed by atoms with Gasteiger partial charge >= 0.3 is 5.97 Å². The van der Waals surface area contributed by atoms with E-state index in [0.29, 0.717) is 11.4 Å². The summed E-state index contributed by atoms with van der Waals surface area (Å²) in [5, 5.41) is 9.36. The first-order valence-corrected chi connectivity index (χ1v) is 7.12. The summed E-state index contributed by atoms with van der Waals surface area (Å²) in [6.45, 7) is 0. The maximum Gasteiger partial charge on any atom is 0.335 e. The lowest BCUT2D eigenvalue weighted by atomic mass is 10.0. The number of methoxy groups -OCH3 is 1. The molecular weight excluding hydrogens is 290 g/mol. The number of pyridine rings is 1. The van der Waals surface area contributed by atoms with Crippen LogP contribution in [-0.2, 0) is 0 Å². The third-order valence-electron chi connectivity index (χ3n) is 3.53. The van der Waals surface area contributed by atoms with Crippen molar-refractivity contribution in [2.75, 3.05) is 7.11 Å². The molecule has 1 N–H and O–H groups in total. The molecule has 23 heavy (non-hydrogen) atoms. The Morgan fingerprint density at radius 3 is 2.00 bits per heavy atom. The monoisotopic (exact) mass is 305 g/mol. The molecule has 0 spiro atoms. The SMILES string of the molecule is COc1ccc(-c2cc(C(=O)O)cc(-c3ccccc3)n2)cc1. The van der Waals surface area contributed by atoms with Crippen LogP contribution in [0, 0.1) is 0 Å². The van der Waals surface area contributed by atoms with Crippen molar-refractivity contribution in [3.63, 3.8) is 0 Å². The zero-order chi connectivity index (χ0) is 16.2. The molecule has 0 fully saturated rings. The first kappa shape index (κ1) is 14.8. The van der Waals surface area contributed by atoms with Crippen LogP contribution in [-0.4, -0.2) is 23.2 Å². The molecule has 0 atom stereocenters. The molecule has 0 saturated carbocycles. The summed E-state index contributed by atoms with van der Waals surface area (Å²) in [4.78, 5) is 16.0. The zero-order valence-electron chi connectivity index (χ0n) is 12.6. The number of carboxylic acids is 1. The number of carboxylic acid groups (broad SMARTS) is 1. The number of carbonyl (C=O) groups is 1. The van der Waals surface area contributed by atoms with Gasteiger partial charge in [0.25, 0.3) is 0 Å². The van der Waals surface area contributed by atoms with E-state index in [0.717, 1.165) is 16.9 Å². The van der Waals surface area contributed by atoms with Gasteiger partial charge in [-0.2, -0.15) is 0 Å². The summed E-state index contributed by atoms with van der Waals surface area (Å²) in [5.74, 6) is -0.231. The van der Waals surface area contributed by atoms with Gasteiger partial charge in [-0.25, -0.2) is 9.78 Å². The van der Waals surface area contributed by atoms with E-state index in [-0.39, 0.29) is 5.56 Å². The molecule has 0 bridgehead atoms. The molecule has 1 heterocycles. The average molecular weight is 305 g/mol. The maximum absolute atomic E-state index is 11.4. The zero-order valence-corrected chi connectivity index (χ0v) is 12.6. The molecule has 0 aliphatic carbocycles. The summed E-state index contributed by atoms with van der Waals surface area (Å²) < 4.78 is 5.15. The third kappa shape index (κ3) is 3.21. The molecule has 3 rings (SSSR count). The van der Waals surface area contributed by atoms with Gasteiger partial charge in [0.1, 0.15) is 5.75 Å². The second-order valence-corrected chi connectivity index (χ2v) is 5.03. The van der Waals surface area contributed by atoms with Gasteiger partial charge in [-0.05, 0) is 36.4 Å². The molecule has 1 aromatic heterocycles. The normalized spacial score (nSPS) is 10.3. The van der Waals surface area contributed by atoms with Crippen LogP contribution in [0.4, 0.5) is 0 Å². The predicted octanol–water partition coefficient (Wildman–Crippen LogP) is 4.12. The molecule has 0 saturated heterocycles. The highest BCUT2D eigenvalue weighted by atomic mass is 16.5. The molecule has 2 aromatic carbocycles. The summed E-state index contributed by atoms with van der Waals surface area (Å²) in [6, 6.07) is 20.1. The van der Waals surface area contributed by atoms with Crippen molar-refractivity contribution in [1.29, 1.82) is 0 Å². The molecule has 0 unspecified atom stereocenters. The van der Waals surface area contributed by atoms with E-state index in [4.69, 9.17) is 4.74 Å². The molecular formula is C19H15NO3. The molecule has 0 aliphatic rings. The second-order valence-electron chi connectivity index (χ2n) is 5.03. The highest BCUT2D eigenvalue weighted by Crippen LogP contribution is 2.26. The quantitative estimate of drug-likeness (QED) is 0.787. The van der Waals surface area contributed by atoms with Gasteiger partial charge in [-0.3, -0.25) is 0 Å². The summed E-state index contributed by atoms with van der Waals surface area (Å²) in [6.07, 6.45) is 0. The number of nitrogens with zero attached hydrogens (tertiary/aromatic N) is 1. The maximum atomic E-state index is 11.4. The van der Waals surface area contributed by atoms with E-state index in [1.165, 1.54) is 0 Å². The number of ether oxygens (including phenoxy) is 1. The third-order valence-corrected chi connectivity index (χ3v) is 3.53. The van der Waals surface area contributed by atoms with Crippen molar-refractivity contribution in [3.05, 3.63) is 72.3 Å². The van der Waals surface area contributed by atoms with Gasteiger partial charge in [0, 0.05) is 11.1 Å². The lowest BCUT2D eigenvalue weighted by molar-refractivity contribution is 0.0697. The Bertz CT molecular complexity index is 827. The number of aromatic carboxylic acids is 1. The van der Waals surface area contributed by atoms with Gasteiger partial charge in [0.2, 0.25) is 0 Å². The fraction of sp³-hybridized carbons (Fsp3) is 0.0526. The fourth-order valence-corrected chi connectivity index (χ4v) is 2.32. The highest BCUT2D eigenvalue weighted by molar-refractivity contribution is 5.90. The van der Waals surface area contributed by atoms with E-state index in [9.17, 15) is 9.90 Å². The van der Waals surface area contributed by atoms with Gasteiger partial charge in [-0.15, -0.1) is 0 Å². The van der Waals surface area contributed by atoms with Crippen LogP contribution >= 0.6 is 0 Å².